The third-order valence-electron chi connectivity index (χ3n) is 3.66. The van der Waals surface area contributed by atoms with Crippen molar-refractivity contribution in [1.82, 2.24) is 20.1 Å². The van der Waals surface area contributed by atoms with Crippen LogP contribution >= 0.6 is 11.8 Å². The minimum atomic E-state index is 0.638. The maximum Gasteiger partial charge on any atom is 0.146 e. The average Bonchev–Trinajstić information content (AvgIpc) is 3.15. The Balaban J connectivity index is 1.53. The van der Waals surface area contributed by atoms with E-state index in [1.54, 1.807) is 0 Å². The molecule has 0 spiro atoms. The van der Waals surface area contributed by atoms with Gasteiger partial charge in [0.25, 0.3) is 0 Å². The summed E-state index contributed by atoms with van der Waals surface area (Å²) in [5.41, 5.74) is 1.35. The van der Waals surface area contributed by atoms with Crippen molar-refractivity contribution in [2.45, 2.75) is 32.0 Å². The van der Waals surface area contributed by atoms with Crippen LogP contribution in [-0.2, 0) is 19.5 Å². The molecule has 0 aliphatic carbocycles. The quantitative estimate of drug-likeness (QED) is 0.884. The SMILES string of the molecule is c1ccc(CCn2cnnc2CN[C@@H]2CCSC2)cc1. The van der Waals surface area contributed by atoms with Gasteiger partial charge >= 0.3 is 0 Å². The molecule has 0 radical (unpaired) electrons. The zero-order valence-electron chi connectivity index (χ0n) is 11.5. The molecule has 3 rings (SSSR count). The van der Waals surface area contributed by atoms with Crippen LogP contribution in [0.3, 0.4) is 0 Å². The number of hydrogen-bond acceptors (Lipinski definition) is 4. The first-order valence-electron chi connectivity index (χ1n) is 7.13. The molecule has 1 saturated heterocycles. The number of thioether (sulfide) groups is 1. The fourth-order valence-corrected chi connectivity index (χ4v) is 3.61. The number of nitrogens with zero attached hydrogens (tertiary/aromatic N) is 3. The topological polar surface area (TPSA) is 42.7 Å². The largest absolute Gasteiger partial charge is 0.316 e. The predicted octanol–water partition coefficient (Wildman–Crippen LogP) is 2.12. The molecule has 1 aliphatic rings. The van der Waals surface area contributed by atoms with Gasteiger partial charge in [-0.1, -0.05) is 30.3 Å². The van der Waals surface area contributed by atoms with E-state index in [0.717, 1.165) is 25.3 Å². The summed E-state index contributed by atoms with van der Waals surface area (Å²) in [5.74, 6) is 3.54. The highest BCUT2D eigenvalue weighted by molar-refractivity contribution is 7.99. The van der Waals surface area contributed by atoms with E-state index in [9.17, 15) is 0 Å². The fraction of sp³-hybridized carbons (Fsp3) is 0.467. The molecule has 106 valence electrons. The van der Waals surface area contributed by atoms with Crippen molar-refractivity contribution in [1.29, 1.82) is 0 Å². The van der Waals surface area contributed by atoms with Crippen LogP contribution in [0, 0.1) is 0 Å². The molecule has 2 aromatic rings. The Kier molecular flexibility index (Phi) is 4.71. The summed E-state index contributed by atoms with van der Waals surface area (Å²) in [4.78, 5) is 0. The Morgan fingerprint density at radius 3 is 3.00 bits per heavy atom. The van der Waals surface area contributed by atoms with E-state index in [-0.39, 0.29) is 0 Å². The van der Waals surface area contributed by atoms with Crippen LogP contribution in [0.2, 0.25) is 0 Å². The molecule has 4 nitrogen and oxygen atoms in total. The minimum absolute atomic E-state index is 0.638. The molecule has 20 heavy (non-hydrogen) atoms. The summed E-state index contributed by atoms with van der Waals surface area (Å²) in [7, 11) is 0. The molecule has 0 unspecified atom stereocenters. The summed E-state index contributed by atoms with van der Waals surface area (Å²) in [6.45, 7) is 1.76. The lowest BCUT2D eigenvalue weighted by Crippen LogP contribution is -2.29. The van der Waals surface area contributed by atoms with Crippen LogP contribution in [0.1, 0.15) is 17.8 Å². The maximum absolute atomic E-state index is 4.23. The Morgan fingerprint density at radius 2 is 2.20 bits per heavy atom. The normalized spacial score (nSPS) is 18.5. The second-order valence-corrected chi connectivity index (χ2v) is 6.27. The molecule has 1 fully saturated rings. The first-order chi connectivity index (χ1) is 9.92. The lowest BCUT2D eigenvalue weighted by molar-refractivity contribution is 0.523. The van der Waals surface area contributed by atoms with Gasteiger partial charge in [-0.3, -0.25) is 0 Å². The number of benzene rings is 1. The number of hydrogen-bond donors (Lipinski definition) is 1. The summed E-state index contributed by atoms with van der Waals surface area (Å²) >= 11 is 2.03. The zero-order chi connectivity index (χ0) is 13.6. The van der Waals surface area contributed by atoms with Crippen molar-refractivity contribution < 1.29 is 0 Å². The smallest absolute Gasteiger partial charge is 0.146 e. The van der Waals surface area contributed by atoms with Crippen molar-refractivity contribution in [3.8, 4) is 0 Å². The number of nitrogens with one attached hydrogen (secondary N) is 1. The molecule has 1 atom stereocenters. The van der Waals surface area contributed by atoms with Gasteiger partial charge in [0, 0.05) is 18.3 Å². The fourth-order valence-electron chi connectivity index (χ4n) is 2.43. The van der Waals surface area contributed by atoms with Crippen LogP contribution in [-0.4, -0.2) is 32.3 Å². The number of rotatable bonds is 6. The van der Waals surface area contributed by atoms with E-state index in [1.165, 1.54) is 23.5 Å². The Bertz CT molecular complexity index is 520. The van der Waals surface area contributed by atoms with Crippen molar-refractivity contribution in [2.75, 3.05) is 11.5 Å². The van der Waals surface area contributed by atoms with Crippen molar-refractivity contribution >= 4 is 11.8 Å². The highest BCUT2D eigenvalue weighted by atomic mass is 32.2. The lowest BCUT2D eigenvalue weighted by Gasteiger charge is -2.11. The van der Waals surface area contributed by atoms with Gasteiger partial charge in [-0.05, 0) is 24.2 Å². The molecular formula is C15H20N4S. The molecular weight excluding hydrogens is 268 g/mol. The Labute approximate surface area is 124 Å². The monoisotopic (exact) mass is 288 g/mol. The summed E-state index contributed by atoms with van der Waals surface area (Å²) in [6.07, 6.45) is 4.12. The van der Waals surface area contributed by atoms with Crippen molar-refractivity contribution in [3.63, 3.8) is 0 Å². The van der Waals surface area contributed by atoms with Crippen LogP contribution in [0.5, 0.6) is 0 Å². The zero-order valence-corrected chi connectivity index (χ0v) is 12.4. The van der Waals surface area contributed by atoms with Gasteiger partial charge < -0.3 is 9.88 Å². The van der Waals surface area contributed by atoms with Crippen LogP contribution in [0.15, 0.2) is 36.7 Å². The van der Waals surface area contributed by atoms with Gasteiger partial charge in [0.2, 0.25) is 0 Å². The van der Waals surface area contributed by atoms with Crippen molar-refractivity contribution in [3.05, 3.63) is 48.0 Å². The highest BCUT2D eigenvalue weighted by Crippen LogP contribution is 2.17. The van der Waals surface area contributed by atoms with Crippen molar-refractivity contribution in [2.24, 2.45) is 0 Å². The molecule has 0 amide bonds. The molecule has 0 saturated carbocycles. The summed E-state index contributed by atoms with van der Waals surface area (Å²) in [6, 6.07) is 11.2. The van der Waals surface area contributed by atoms with Crippen LogP contribution in [0.4, 0.5) is 0 Å². The molecule has 1 aromatic carbocycles. The van der Waals surface area contributed by atoms with Gasteiger partial charge in [0.1, 0.15) is 12.2 Å². The van der Waals surface area contributed by atoms with Gasteiger partial charge in [0.15, 0.2) is 0 Å². The van der Waals surface area contributed by atoms with E-state index in [1.807, 2.05) is 18.1 Å². The van der Waals surface area contributed by atoms with E-state index in [2.05, 4.69) is 50.4 Å². The molecule has 1 aliphatic heterocycles. The molecule has 1 N–H and O–H groups in total. The Morgan fingerprint density at radius 1 is 1.30 bits per heavy atom. The van der Waals surface area contributed by atoms with E-state index < -0.39 is 0 Å². The molecule has 5 heteroatoms. The van der Waals surface area contributed by atoms with Crippen LogP contribution in [0.25, 0.3) is 0 Å². The standard InChI is InChI=1S/C15H20N4S/c1-2-4-13(5-3-1)6-8-19-12-17-18-15(19)10-16-14-7-9-20-11-14/h1-5,12,14,16H,6-11H2/t14-/m1/s1. The van der Waals surface area contributed by atoms with E-state index in [4.69, 9.17) is 0 Å². The van der Waals surface area contributed by atoms with E-state index >= 15 is 0 Å². The van der Waals surface area contributed by atoms with Gasteiger partial charge in [-0.2, -0.15) is 11.8 Å². The highest BCUT2D eigenvalue weighted by Gasteiger charge is 2.15. The number of aryl methyl sites for hydroxylation is 2. The molecule has 2 heterocycles. The van der Waals surface area contributed by atoms with Gasteiger partial charge in [-0.25, -0.2) is 0 Å². The molecule has 1 aromatic heterocycles. The maximum atomic E-state index is 4.23. The summed E-state index contributed by atoms with van der Waals surface area (Å²) in [5, 5.41) is 11.9. The van der Waals surface area contributed by atoms with Gasteiger partial charge in [0.05, 0.1) is 6.54 Å². The number of aromatic nitrogens is 3. The predicted molar refractivity (Wildman–Crippen MR) is 82.7 cm³/mol. The lowest BCUT2D eigenvalue weighted by atomic mass is 10.1. The molecule has 0 bridgehead atoms. The minimum Gasteiger partial charge on any atom is -0.316 e. The second kappa shape index (κ2) is 6.90. The average molecular weight is 288 g/mol. The summed E-state index contributed by atoms with van der Waals surface area (Å²) < 4.78 is 2.15. The Hall–Kier alpha value is -1.33. The third-order valence-corrected chi connectivity index (χ3v) is 4.82. The van der Waals surface area contributed by atoms with Gasteiger partial charge in [-0.15, -0.1) is 10.2 Å². The first-order valence-corrected chi connectivity index (χ1v) is 8.29. The van der Waals surface area contributed by atoms with Crippen LogP contribution < -0.4 is 5.32 Å². The third kappa shape index (κ3) is 3.61. The first kappa shape index (κ1) is 13.6. The second-order valence-electron chi connectivity index (χ2n) is 5.12. The van der Waals surface area contributed by atoms with E-state index in [0.29, 0.717) is 6.04 Å².